The van der Waals surface area contributed by atoms with Crippen LogP contribution in [-0.4, -0.2) is 4.98 Å². The van der Waals surface area contributed by atoms with Gasteiger partial charge in [0.05, 0.1) is 6.04 Å². The molecule has 0 saturated carbocycles. The van der Waals surface area contributed by atoms with E-state index >= 15 is 0 Å². The van der Waals surface area contributed by atoms with E-state index in [0.717, 1.165) is 16.8 Å². The van der Waals surface area contributed by atoms with Crippen LogP contribution in [0.3, 0.4) is 0 Å². The molecule has 0 fully saturated rings. The summed E-state index contributed by atoms with van der Waals surface area (Å²) in [5, 5.41) is 4.87. The molecule has 0 amide bonds. The fraction of sp³-hybridized carbons (Fsp3) is 0.0476. The lowest BCUT2D eigenvalue weighted by Gasteiger charge is -2.19. The lowest BCUT2D eigenvalue weighted by Crippen LogP contribution is -2.11. The first-order chi connectivity index (χ1) is 11.8. The van der Waals surface area contributed by atoms with E-state index in [1.807, 2.05) is 18.2 Å². The maximum atomic E-state index is 13.4. The second-order valence-electron chi connectivity index (χ2n) is 6.15. The molecule has 2 heterocycles. The van der Waals surface area contributed by atoms with Crippen molar-refractivity contribution in [2.45, 2.75) is 6.04 Å². The minimum Gasteiger partial charge on any atom is -0.374 e. The van der Waals surface area contributed by atoms with E-state index in [2.05, 4.69) is 52.9 Å². The lowest BCUT2D eigenvalue weighted by molar-refractivity contribution is 0.626. The van der Waals surface area contributed by atoms with Crippen LogP contribution in [0.25, 0.3) is 22.0 Å². The Balaban J connectivity index is 1.83. The van der Waals surface area contributed by atoms with Gasteiger partial charge < -0.3 is 10.3 Å². The van der Waals surface area contributed by atoms with Gasteiger partial charge >= 0.3 is 0 Å². The van der Waals surface area contributed by atoms with Crippen molar-refractivity contribution in [1.82, 2.24) is 4.98 Å². The van der Waals surface area contributed by atoms with Crippen molar-refractivity contribution < 1.29 is 4.39 Å². The average molecular weight is 314 g/mol. The number of benzene rings is 3. The number of aromatic amines is 1. The highest BCUT2D eigenvalue weighted by molar-refractivity contribution is 6.02. The summed E-state index contributed by atoms with van der Waals surface area (Å²) in [6.07, 6.45) is 2.06. The Morgan fingerprint density at radius 3 is 2.46 bits per heavy atom. The second kappa shape index (κ2) is 4.96. The van der Waals surface area contributed by atoms with Crippen LogP contribution in [0.5, 0.6) is 0 Å². The summed E-state index contributed by atoms with van der Waals surface area (Å²) >= 11 is 0. The largest absolute Gasteiger partial charge is 0.374 e. The van der Waals surface area contributed by atoms with Crippen molar-refractivity contribution in [2.75, 3.05) is 5.32 Å². The molecule has 0 saturated heterocycles. The molecule has 1 aliphatic rings. The highest BCUT2D eigenvalue weighted by Gasteiger charge is 2.25. The fourth-order valence-electron chi connectivity index (χ4n) is 3.66. The topological polar surface area (TPSA) is 27.8 Å². The number of para-hydroxylation sites is 1. The van der Waals surface area contributed by atoms with Crippen molar-refractivity contribution in [3.63, 3.8) is 0 Å². The first-order valence-electron chi connectivity index (χ1n) is 8.03. The summed E-state index contributed by atoms with van der Waals surface area (Å²) in [6.45, 7) is 0. The van der Waals surface area contributed by atoms with E-state index in [-0.39, 0.29) is 11.9 Å². The Bertz CT molecular complexity index is 1050. The molecule has 0 spiro atoms. The molecule has 24 heavy (non-hydrogen) atoms. The fourth-order valence-corrected chi connectivity index (χ4v) is 3.66. The van der Waals surface area contributed by atoms with E-state index in [0.29, 0.717) is 0 Å². The zero-order valence-corrected chi connectivity index (χ0v) is 12.9. The van der Waals surface area contributed by atoms with Gasteiger partial charge in [-0.15, -0.1) is 0 Å². The van der Waals surface area contributed by atoms with Gasteiger partial charge in [-0.25, -0.2) is 4.39 Å². The number of hydrogen-bond donors (Lipinski definition) is 2. The maximum Gasteiger partial charge on any atom is 0.123 e. The number of halogens is 1. The van der Waals surface area contributed by atoms with E-state index in [9.17, 15) is 4.39 Å². The molecule has 3 aromatic carbocycles. The normalized spacial score (nSPS) is 15.6. The quantitative estimate of drug-likeness (QED) is 0.478. The van der Waals surface area contributed by atoms with Gasteiger partial charge in [-0.1, -0.05) is 42.5 Å². The molecule has 1 atom stereocenters. The molecule has 2 N–H and O–H groups in total. The third-order valence-corrected chi connectivity index (χ3v) is 4.77. The number of H-pyrrole nitrogens is 1. The number of nitrogens with one attached hydrogen (secondary N) is 2. The third-order valence-electron chi connectivity index (χ3n) is 4.77. The first kappa shape index (κ1) is 13.4. The van der Waals surface area contributed by atoms with Crippen molar-refractivity contribution in [3.05, 3.63) is 89.9 Å². The minimum absolute atomic E-state index is 0.0239. The van der Waals surface area contributed by atoms with E-state index in [1.54, 1.807) is 0 Å². The van der Waals surface area contributed by atoms with Crippen LogP contribution in [0.1, 0.15) is 17.2 Å². The molecule has 3 heteroatoms. The van der Waals surface area contributed by atoms with Gasteiger partial charge in [0, 0.05) is 33.9 Å². The van der Waals surface area contributed by atoms with Gasteiger partial charge in [0.25, 0.3) is 0 Å². The summed E-state index contributed by atoms with van der Waals surface area (Å²) in [5.74, 6) is -0.215. The van der Waals surface area contributed by atoms with Crippen LogP contribution in [0.4, 0.5) is 10.1 Å². The first-order valence-corrected chi connectivity index (χ1v) is 8.03. The monoisotopic (exact) mass is 314 g/mol. The zero-order valence-electron chi connectivity index (χ0n) is 12.9. The van der Waals surface area contributed by atoms with E-state index in [4.69, 9.17) is 0 Å². The average Bonchev–Trinajstić information content (AvgIpc) is 2.98. The molecule has 1 aliphatic heterocycles. The molecule has 0 aliphatic carbocycles. The van der Waals surface area contributed by atoms with Crippen LogP contribution >= 0.6 is 0 Å². The maximum absolute atomic E-state index is 13.4. The Morgan fingerprint density at radius 1 is 0.792 bits per heavy atom. The molecule has 1 unspecified atom stereocenters. The van der Waals surface area contributed by atoms with Gasteiger partial charge in [-0.3, -0.25) is 0 Å². The Morgan fingerprint density at radius 2 is 1.58 bits per heavy atom. The molecule has 1 aromatic heterocycles. The molecule has 5 rings (SSSR count). The summed E-state index contributed by atoms with van der Waals surface area (Å²) in [5.41, 5.74) is 6.85. The summed E-state index contributed by atoms with van der Waals surface area (Å²) in [4.78, 5) is 3.38. The number of anilines is 1. The summed E-state index contributed by atoms with van der Waals surface area (Å²) < 4.78 is 13.4. The van der Waals surface area contributed by atoms with Gasteiger partial charge in [0.15, 0.2) is 0 Å². The van der Waals surface area contributed by atoms with Gasteiger partial charge in [0.1, 0.15) is 5.82 Å². The minimum atomic E-state index is -0.215. The molecule has 0 bridgehead atoms. The SMILES string of the molecule is Fc1ccc(C2Nc3ccccc3-c3cccc4[nH]cc2c34)cc1. The van der Waals surface area contributed by atoms with Crippen molar-refractivity contribution >= 4 is 16.6 Å². The predicted octanol–water partition coefficient (Wildman–Crippen LogP) is 5.49. The third kappa shape index (κ3) is 1.88. The number of fused-ring (bicyclic) bond motifs is 2. The Kier molecular flexibility index (Phi) is 2.77. The van der Waals surface area contributed by atoms with Crippen molar-refractivity contribution in [3.8, 4) is 11.1 Å². The molecule has 0 radical (unpaired) electrons. The number of rotatable bonds is 1. The summed E-state index contributed by atoms with van der Waals surface area (Å²) in [6, 6.07) is 21.4. The van der Waals surface area contributed by atoms with Gasteiger partial charge in [-0.05, 0) is 35.4 Å². The van der Waals surface area contributed by atoms with Gasteiger partial charge in [0.2, 0.25) is 0 Å². The Hall–Kier alpha value is -3.07. The van der Waals surface area contributed by atoms with Crippen LogP contribution in [0.15, 0.2) is 72.9 Å². The predicted molar refractivity (Wildman–Crippen MR) is 95.6 cm³/mol. The summed E-state index contributed by atoms with van der Waals surface area (Å²) in [7, 11) is 0. The van der Waals surface area contributed by atoms with E-state index < -0.39 is 0 Å². The number of aromatic nitrogens is 1. The molecular weight excluding hydrogens is 299 g/mol. The van der Waals surface area contributed by atoms with Crippen molar-refractivity contribution in [2.24, 2.45) is 0 Å². The molecular formula is C21H15FN2. The van der Waals surface area contributed by atoms with Crippen molar-refractivity contribution in [1.29, 1.82) is 0 Å². The Labute approximate surface area is 139 Å². The van der Waals surface area contributed by atoms with Crippen LogP contribution < -0.4 is 5.32 Å². The number of hydrogen-bond acceptors (Lipinski definition) is 1. The molecule has 116 valence electrons. The highest BCUT2D eigenvalue weighted by atomic mass is 19.1. The van der Waals surface area contributed by atoms with Gasteiger partial charge in [-0.2, -0.15) is 0 Å². The molecule has 2 nitrogen and oxygen atoms in total. The standard InChI is InChI=1S/C21H15FN2/c22-14-10-8-13(9-11-14)21-17-12-23-19-7-3-5-16(20(17)19)15-4-1-2-6-18(15)24-21/h1-12,21,23-24H. The molecule has 4 aromatic rings. The van der Waals surface area contributed by atoms with E-state index in [1.165, 1.54) is 34.2 Å². The van der Waals surface area contributed by atoms with Crippen LogP contribution in [0.2, 0.25) is 0 Å². The van der Waals surface area contributed by atoms with Crippen LogP contribution in [-0.2, 0) is 0 Å². The zero-order chi connectivity index (χ0) is 16.1. The second-order valence-corrected chi connectivity index (χ2v) is 6.15. The smallest absolute Gasteiger partial charge is 0.123 e. The highest BCUT2D eigenvalue weighted by Crippen LogP contribution is 2.43. The lowest BCUT2D eigenvalue weighted by atomic mass is 9.95. The van der Waals surface area contributed by atoms with Crippen LogP contribution in [0, 0.1) is 5.82 Å².